The molecule has 0 aliphatic rings. The van der Waals surface area contributed by atoms with Crippen molar-refractivity contribution in [2.75, 3.05) is 14.2 Å². The first-order valence-electron chi connectivity index (χ1n) is 7.39. The first kappa shape index (κ1) is 16.6. The van der Waals surface area contributed by atoms with Gasteiger partial charge in [0, 0.05) is 5.56 Å². The zero-order valence-electron chi connectivity index (χ0n) is 13.6. The van der Waals surface area contributed by atoms with Crippen molar-refractivity contribution in [1.82, 2.24) is 20.2 Å². The number of hydrogen-bond acceptors (Lipinski definition) is 6. The SMILES string of the molecule is COc1cccc(-c2nnn(CC(=O)c3cc(F)ccc3OC)n2)c1. The fraction of sp³-hybridized carbons (Fsp3) is 0.176. The molecule has 1 aromatic heterocycles. The monoisotopic (exact) mass is 342 g/mol. The van der Waals surface area contributed by atoms with Gasteiger partial charge in [0.05, 0.1) is 19.8 Å². The number of methoxy groups -OCH3 is 2. The molecule has 1 heterocycles. The van der Waals surface area contributed by atoms with Gasteiger partial charge < -0.3 is 9.47 Å². The molecule has 0 saturated heterocycles. The van der Waals surface area contributed by atoms with Crippen LogP contribution in [0.1, 0.15) is 10.4 Å². The molecule has 0 unspecified atom stereocenters. The molecule has 7 nitrogen and oxygen atoms in total. The Morgan fingerprint density at radius 2 is 2.00 bits per heavy atom. The van der Waals surface area contributed by atoms with Gasteiger partial charge in [-0.15, -0.1) is 10.2 Å². The number of carbonyl (C=O) groups excluding carboxylic acids is 1. The molecule has 3 rings (SSSR count). The van der Waals surface area contributed by atoms with Crippen molar-refractivity contribution in [3.8, 4) is 22.9 Å². The molecule has 128 valence electrons. The largest absolute Gasteiger partial charge is 0.497 e. The fourth-order valence-corrected chi connectivity index (χ4v) is 2.30. The minimum Gasteiger partial charge on any atom is -0.497 e. The number of hydrogen-bond donors (Lipinski definition) is 0. The van der Waals surface area contributed by atoms with Gasteiger partial charge in [0.2, 0.25) is 5.82 Å². The number of halogens is 1. The summed E-state index contributed by atoms with van der Waals surface area (Å²) in [4.78, 5) is 13.6. The lowest BCUT2D eigenvalue weighted by Gasteiger charge is -2.07. The molecular formula is C17H15FN4O3. The molecule has 25 heavy (non-hydrogen) atoms. The van der Waals surface area contributed by atoms with E-state index >= 15 is 0 Å². The van der Waals surface area contributed by atoms with E-state index in [2.05, 4.69) is 15.4 Å². The van der Waals surface area contributed by atoms with Gasteiger partial charge in [0.1, 0.15) is 23.9 Å². The van der Waals surface area contributed by atoms with Crippen molar-refractivity contribution in [2.45, 2.75) is 6.54 Å². The van der Waals surface area contributed by atoms with Crippen LogP contribution in [0.2, 0.25) is 0 Å². The summed E-state index contributed by atoms with van der Waals surface area (Å²) in [5, 5.41) is 12.0. The van der Waals surface area contributed by atoms with E-state index < -0.39 is 5.82 Å². The van der Waals surface area contributed by atoms with Crippen LogP contribution in [0.25, 0.3) is 11.4 Å². The van der Waals surface area contributed by atoms with E-state index in [0.29, 0.717) is 22.9 Å². The number of ether oxygens (including phenoxy) is 2. The normalized spacial score (nSPS) is 10.5. The van der Waals surface area contributed by atoms with Gasteiger partial charge >= 0.3 is 0 Å². The summed E-state index contributed by atoms with van der Waals surface area (Å²) < 4.78 is 23.7. The maximum Gasteiger partial charge on any atom is 0.205 e. The average molecular weight is 342 g/mol. The van der Waals surface area contributed by atoms with Crippen LogP contribution in [0, 0.1) is 5.82 Å². The van der Waals surface area contributed by atoms with Crippen molar-refractivity contribution >= 4 is 5.78 Å². The van der Waals surface area contributed by atoms with Gasteiger partial charge in [-0.2, -0.15) is 4.80 Å². The van der Waals surface area contributed by atoms with Crippen molar-refractivity contribution in [3.05, 3.63) is 53.8 Å². The highest BCUT2D eigenvalue weighted by Crippen LogP contribution is 2.21. The second kappa shape index (κ2) is 7.08. The first-order chi connectivity index (χ1) is 12.1. The minimum atomic E-state index is -0.521. The van der Waals surface area contributed by atoms with Gasteiger partial charge in [-0.1, -0.05) is 12.1 Å². The number of rotatable bonds is 6. The predicted molar refractivity (Wildman–Crippen MR) is 87.1 cm³/mol. The number of tetrazole rings is 1. The topological polar surface area (TPSA) is 79.1 Å². The summed E-state index contributed by atoms with van der Waals surface area (Å²) in [6.45, 7) is -0.184. The summed E-state index contributed by atoms with van der Waals surface area (Å²) in [6, 6.07) is 10.9. The third-order valence-electron chi connectivity index (χ3n) is 3.53. The lowest BCUT2D eigenvalue weighted by atomic mass is 10.1. The average Bonchev–Trinajstić information content (AvgIpc) is 3.10. The Morgan fingerprint density at radius 1 is 1.16 bits per heavy atom. The van der Waals surface area contributed by atoms with Gasteiger partial charge in [-0.05, 0) is 35.5 Å². The van der Waals surface area contributed by atoms with E-state index in [1.54, 1.807) is 31.4 Å². The Morgan fingerprint density at radius 3 is 2.76 bits per heavy atom. The highest BCUT2D eigenvalue weighted by Gasteiger charge is 2.16. The summed E-state index contributed by atoms with van der Waals surface area (Å²) in [7, 11) is 2.98. The maximum absolute atomic E-state index is 13.4. The van der Waals surface area contributed by atoms with E-state index in [9.17, 15) is 9.18 Å². The van der Waals surface area contributed by atoms with E-state index in [4.69, 9.17) is 9.47 Å². The van der Waals surface area contributed by atoms with Crippen LogP contribution in [-0.4, -0.2) is 40.2 Å². The van der Waals surface area contributed by atoms with Crippen molar-refractivity contribution in [3.63, 3.8) is 0 Å². The fourth-order valence-electron chi connectivity index (χ4n) is 2.30. The molecule has 0 N–H and O–H groups in total. The third kappa shape index (κ3) is 3.63. The van der Waals surface area contributed by atoms with Gasteiger partial charge in [-0.25, -0.2) is 4.39 Å². The molecule has 0 spiro atoms. The Bertz CT molecular complexity index is 910. The number of aromatic nitrogens is 4. The highest BCUT2D eigenvalue weighted by molar-refractivity contribution is 5.98. The van der Waals surface area contributed by atoms with Crippen molar-refractivity contribution in [1.29, 1.82) is 0 Å². The van der Waals surface area contributed by atoms with Gasteiger partial charge in [-0.3, -0.25) is 4.79 Å². The van der Waals surface area contributed by atoms with Crippen LogP contribution < -0.4 is 9.47 Å². The lowest BCUT2D eigenvalue weighted by molar-refractivity contribution is 0.0958. The summed E-state index contributed by atoms with van der Waals surface area (Å²) >= 11 is 0. The summed E-state index contributed by atoms with van der Waals surface area (Å²) in [5.41, 5.74) is 0.837. The number of ketones is 1. The molecule has 0 atom stereocenters. The number of Topliss-reactive ketones (excluding diaryl/α,β-unsaturated/α-hetero) is 1. The summed E-state index contributed by atoms with van der Waals surface area (Å²) in [6.07, 6.45) is 0. The molecule has 0 radical (unpaired) electrons. The summed E-state index contributed by atoms with van der Waals surface area (Å²) in [5.74, 6) is 0.408. The van der Waals surface area contributed by atoms with E-state index in [-0.39, 0.29) is 17.9 Å². The quantitative estimate of drug-likeness (QED) is 0.640. The van der Waals surface area contributed by atoms with Crippen LogP contribution >= 0.6 is 0 Å². The van der Waals surface area contributed by atoms with Crippen LogP contribution in [0.3, 0.4) is 0 Å². The molecule has 0 saturated carbocycles. The zero-order chi connectivity index (χ0) is 17.8. The van der Waals surface area contributed by atoms with Crippen LogP contribution in [-0.2, 0) is 6.54 Å². The highest BCUT2D eigenvalue weighted by atomic mass is 19.1. The Hall–Kier alpha value is -3.29. The second-order valence-corrected chi connectivity index (χ2v) is 5.14. The molecule has 0 aliphatic carbocycles. The Balaban J connectivity index is 1.81. The van der Waals surface area contributed by atoms with Crippen molar-refractivity contribution < 1.29 is 18.7 Å². The molecule has 8 heteroatoms. The van der Waals surface area contributed by atoms with Crippen LogP contribution in [0.4, 0.5) is 4.39 Å². The van der Waals surface area contributed by atoms with E-state index in [0.717, 1.165) is 10.9 Å². The molecule has 0 amide bonds. The number of benzene rings is 2. The van der Waals surface area contributed by atoms with E-state index in [1.165, 1.54) is 19.2 Å². The Labute approximate surface area is 143 Å². The molecule has 0 bridgehead atoms. The smallest absolute Gasteiger partial charge is 0.205 e. The molecule has 0 fully saturated rings. The standard InChI is InChI=1S/C17H15FN4O3/c1-24-13-5-3-4-11(8-13)17-19-21-22(20-17)10-15(23)14-9-12(18)6-7-16(14)25-2/h3-9H,10H2,1-2H3. The van der Waals surface area contributed by atoms with Crippen LogP contribution in [0.5, 0.6) is 11.5 Å². The second-order valence-electron chi connectivity index (χ2n) is 5.14. The van der Waals surface area contributed by atoms with Gasteiger partial charge in [0.15, 0.2) is 5.78 Å². The predicted octanol–water partition coefficient (Wildman–Crippen LogP) is 2.38. The van der Waals surface area contributed by atoms with Crippen molar-refractivity contribution in [2.24, 2.45) is 0 Å². The molecule has 2 aromatic carbocycles. The Kier molecular flexibility index (Phi) is 4.69. The van der Waals surface area contributed by atoms with E-state index in [1.807, 2.05) is 0 Å². The van der Waals surface area contributed by atoms with Gasteiger partial charge in [0.25, 0.3) is 0 Å². The van der Waals surface area contributed by atoms with Crippen LogP contribution in [0.15, 0.2) is 42.5 Å². The number of nitrogens with zero attached hydrogens (tertiary/aromatic N) is 4. The maximum atomic E-state index is 13.4. The lowest BCUT2D eigenvalue weighted by Crippen LogP contribution is -2.14. The third-order valence-corrected chi connectivity index (χ3v) is 3.53. The molecule has 0 aliphatic heterocycles. The first-order valence-corrected chi connectivity index (χ1v) is 7.39. The minimum absolute atomic E-state index is 0.128. The zero-order valence-corrected chi connectivity index (χ0v) is 13.6. The molecule has 3 aromatic rings. The number of carbonyl (C=O) groups is 1. The molecular weight excluding hydrogens is 327 g/mol.